The SMILES string of the molecule is CCNC(=NCCOCCS(C)(=O)=O)NC1CCN(Cc2ccc(F)c(F)c2)CC1.I. The van der Waals surface area contributed by atoms with Gasteiger partial charge in [0.15, 0.2) is 17.6 Å². The highest BCUT2D eigenvalue weighted by atomic mass is 127. The molecule has 1 aromatic rings. The lowest BCUT2D eigenvalue weighted by Gasteiger charge is -2.33. The van der Waals surface area contributed by atoms with Crippen LogP contribution in [0.25, 0.3) is 0 Å². The van der Waals surface area contributed by atoms with E-state index in [9.17, 15) is 17.2 Å². The molecule has 1 aromatic carbocycles. The summed E-state index contributed by atoms with van der Waals surface area (Å²) in [6.07, 6.45) is 3.02. The molecule has 0 aromatic heterocycles. The van der Waals surface area contributed by atoms with E-state index in [1.165, 1.54) is 18.4 Å². The molecule has 1 fully saturated rings. The van der Waals surface area contributed by atoms with Crippen LogP contribution in [0.15, 0.2) is 23.2 Å². The Bertz CT molecular complexity index is 804. The summed E-state index contributed by atoms with van der Waals surface area (Å²) in [6.45, 7) is 6.00. The highest BCUT2D eigenvalue weighted by Gasteiger charge is 2.20. The monoisotopic (exact) mass is 574 g/mol. The molecule has 1 heterocycles. The van der Waals surface area contributed by atoms with E-state index in [1.807, 2.05) is 6.92 Å². The van der Waals surface area contributed by atoms with Crippen molar-refractivity contribution in [2.45, 2.75) is 32.4 Å². The van der Waals surface area contributed by atoms with Crippen molar-refractivity contribution < 1.29 is 21.9 Å². The van der Waals surface area contributed by atoms with Gasteiger partial charge in [0.25, 0.3) is 0 Å². The van der Waals surface area contributed by atoms with Gasteiger partial charge in [0, 0.05) is 38.5 Å². The first-order valence-electron chi connectivity index (χ1n) is 10.2. The van der Waals surface area contributed by atoms with Crippen LogP contribution < -0.4 is 10.6 Å². The van der Waals surface area contributed by atoms with Crippen LogP contribution in [0, 0.1) is 11.6 Å². The third kappa shape index (κ3) is 11.4. The summed E-state index contributed by atoms with van der Waals surface area (Å²) < 4.78 is 53.9. The average Bonchev–Trinajstić information content (AvgIpc) is 2.68. The van der Waals surface area contributed by atoms with Crippen molar-refractivity contribution in [3.8, 4) is 0 Å². The molecule has 0 unspecified atom stereocenters. The van der Waals surface area contributed by atoms with Gasteiger partial charge >= 0.3 is 0 Å². The Hall–Kier alpha value is -1.05. The summed E-state index contributed by atoms with van der Waals surface area (Å²) in [5, 5.41) is 6.63. The first kappa shape index (κ1) is 28.0. The van der Waals surface area contributed by atoms with E-state index in [0.717, 1.165) is 38.0 Å². The Labute approximate surface area is 201 Å². The summed E-state index contributed by atoms with van der Waals surface area (Å²) in [5.74, 6) is -0.908. The van der Waals surface area contributed by atoms with Gasteiger partial charge in [-0.25, -0.2) is 17.2 Å². The Kier molecular flexibility index (Phi) is 12.8. The standard InChI is InChI=1S/C20H32F2N4O3S.HI/c1-3-23-20(24-8-11-29-12-13-30(2,27)28)25-17-6-9-26(10-7-17)15-16-4-5-18(21)19(22)14-16;/h4-5,14,17H,3,6-13,15H2,1-2H3,(H2,23,24,25);1H. The highest BCUT2D eigenvalue weighted by molar-refractivity contribution is 14.0. The number of likely N-dealkylation sites (tertiary alicyclic amines) is 1. The molecular weight excluding hydrogens is 541 g/mol. The summed E-state index contributed by atoms with van der Waals surface area (Å²) in [5.41, 5.74) is 0.770. The second kappa shape index (κ2) is 14.2. The summed E-state index contributed by atoms with van der Waals surface area (Å²) >= 11 is 0. The average molecular weight is 574 g/mol. The Morgan fingerprint density at radius 1 is 1.23 bits per heavy atom. The highest BCUT2D eigenvalue weighted by Crippen LogP contribution is 2.15. The van der Waals surface area contributed by atoms with E-state index in [0.29, 0.717) is 25.7 Å². The van der Waals surface area contributed by atoms with Crippen molar-refractivity contribution >= 4 is 39.8 Å². The second-order valence-corrected chi connectivity index (χ2v) is 9.71. The lowest BCUT2D eigenvalue weighted by atomic mass is 10.0. The number of halogens is 3. The van der Waals surface area contributed by atoms with Crippen LogP contribution >= 0.6 is 24.0 Å². The minimum Gasteiger partial charge on any atom is -0.378 e. The fourth-order valence-electron chi connectivity index (χ4n) is 3.18. The summed E-state index contributed by atoms with van der Waals surface area (Å²) in [6, 6.07) is 4.32. The number of rotatable bonds is 10. The number of benzene rings is 1. The van der Waals surface area contributed by atoms with Gasteiger partial charge < -0.3 is 15.4 Å². The smallest absolute Gasteiger partial charge is 0.191 e. The summed E-state index contributed by atoms with van der Waals surface area (Å²) in [4.78, 5) is 6.70. The zero-order chi connectivity index (χ0) is 22.0. The molecule has 0 bridgehead atoms. The Morgan fingerprint density at radius 3 is 2.55 bits per heavy atom. The molecule has 1 aliphatic rings. The van der Waals surface area contributed by atoms with Gasteiger partial charge in [-0.15, -0.1) is 24.0 Å². The maximum atomic E-state index is 13.4. The van der Waals surface area contributed by atoms with Gasteiger partial charge in [0.05, 0.1) is 25.5 Å². The van der Waals surface area contributed by atoms with Crippen LogP contribution in [0.1, 0.15) is 25.3 Å². The second-order valence-electron chi connectivity index (χ2n) is 7.45. The molecule has 1 aliphatic heterocycles. The lowest BCUT2D eigenvalue weighted by Crippen LogP contribution is -2.48. The molecule has 0 saturated carbocycles. The number of hydrogen-bond donors (Lipinski definition) is 2. The normalized spacial score (nSPS) is 16.1. The number of nitrogens with zero attached hydrogens (tertiary/aromatic N) is 2. The fourth-order valence-corrected chi connectivity index (χ4v) is 3.60. The van der Waals surface area contributed by atoms with E-state index in [-0.39, 0.29) is 42.4 Å². The molecule has 0 aliphatic carbocycles. The van der Waals surface area contributed by atoms with Gasteiger partial charge in [-0.2, -0.15) is 0 Å². The molecule has 0 atom stereocenters. The molecular formula is C20H33F2IN4O3S. The van der Waals surface area contributed by atoms with Crippen molar-refractivity contribution in [2.75, 3.05) is 51.4 Å². The largest absolute Gasteiger partial charge is 0.378 e. The first-order valence-corrected chi connectivity index (χ1v) is 12.3. The van der Waals surface area contributed by atoms with Crippen LogP contribution in [0.4, 0.5) is 8.78 Å². The number of ether oxygens (including phenoxy) is 1. The zero-order valence-corrected chi connectivity index (χ0v) is 21.2. The van der Waals surface area contributed by atoms with Crippen molar-refractivity contribution in [3.05, 3.63) is 35.4 Å². The topological polar surface area (TPSA) is 83.0 Å². The van der Waals surface area contributed by atoms with Crippen molar-refractivity contribution in [3.63, 3.8) is 0 Å². The Morgan fingerprint density at radius 2 is 1.94 bits per heavy atom. The molecule has 1 saturated heterocycles. The van der Waals surface area contributed by atoms with E-state index < -0.39 is 21.5 Å². The van der Waals surface area contributed by atoms with Gasteiger partial charge in [0.2, 0.25) is 0 Å². The van der Waals surface area contributed by atoms with Crippen LogP contribution in [0.2, 0.25) is 0 Å². The Balaban J connectivity index is 0.00000480. The van der Waals surface area contributed by atoms with Crippen LogP contribution in [0.5, 0.6) is 0 Å². The number of nitrogens with one attached hydrogen (secondary N) is 2. The number of piperidine rings is 1. The fraction of sp³-hybridized carbons (Fsp3) is 0.650. The van der Waals surface area contributed by atoms with Crippen molar-refractivity contribution in [1.82, 2.24) is 15.5 Å². The van der Waals surface area contributed by atoms with E-state index in [2.05, 4.69) is 20.5 Å². The number of hydrogen-bond acceptors (Lipinski definition) is 5. The first-order chi connectivity index (χ1) is 14.3. The van der Waals surface area contributed by atoms with Gasteiger partial charge in [-0.1, -0.05) is 6.07 Å². The predicted octanol–water partition coefficient (Wildman–Crippen LogP) is 2.16. The van der Waals surface area contributed by atoms with E-state index in [4.69, 9.17) is 4.74 Å². The van der Waals surface area contributed by atoms with Crippen LogP contribution in [-0.2, 0) is 21.1 Å². The molecule has 0 amide bonds. The minimum absolute atomic E-state index is 0. The number of sulfone groups is 1. The molecule has 7 nitrogen and oxygen atoms in total. The van der Waals surface area contributed by atoms with E-state index >= 15 is 0 Å². The predicted molar refractivity (Wildman–Crippen MR) is 130 cm³/mol. The summed E-state index contributed by atoms with van der Waals surface area (Å²) in [7, 11) is -3.01. The molecule has 2 N–H and O–H groups in total. The number of guanidine groups is 1. The molecule has 11 heteroatoms. The van der Waals surface area contributed by atoms with Crippen LogP contribution in [0.3, 0.4) is 0 Å². The minimum atomic E-state index is -3.01. The van der Waals surface area contributed by atoms with Gasteiger partial charge in [-0.05, 0) is 37.5 Å². The third-order valence-corrected chi connectivity index (χ3v) is 5.68. The quantitative estimate of drug-likeness (QED) is 0.193. The third-order valence-electron chi connectivity index (χ3n) is 4.77. The number of aliphatic imine (C=N–C) groups is 1. The van der Waals surface area contributed by atoms with E-state index in [1.54, 1.807) is 6.07 Å². The molecule has 0 radical (unpaired) electrons. The maximum absolute atomic E-state index is 13.4. The molecule has 0 spiro atoms. The van der Waals surface area contributed by atoms with Crippen LogP contribution in [-0.4, -0.2) is 76.7 Å². The molecule has 178 valence electrons. The molecule has 2 rings (SSSR count). The van der Waals surface area contributed by atoms with Gasteiger partial charge in [-0.3, -0.25) is 9.89 Å². The maximum Gasteiger partial charge on any atom is 0.191 e. The molecule has 31 heavy (non-hydrogen) atoms. The van der Waals surface area contributed by atoms with Crippen molar-refractivity contribution in [1.29, 1.82) is 0 Å². The zero-order valence-electron chi connectivity index (χ0n) is 18.1. The lowest BCUT2D eigenvalue weighted by molar-refractivity contribution is 0.157. The van der Waals surface area contributed by atoms with Crippen molar-refractivity contribution in [2.24, 2.45) is 4.99 Å². The van der Waals surface area contributed by atoms with Gasteiger partial charge in [0.1, 0.15) is 9.84 Å².